The van der Waals surface area contributed by atoms with Crippen molar-refractivity contribution in [2.45, 2.75) is 67.9 Å². The van der Waals surface area contributed by atoms with Crippen LogP contribution in [0.4, 0.5) is 16.2 Å². The molecule has 0 aliphatic rings. The number of amides is 1. The average molecular weight is 431 g/mol. The molecule has 0 saturated carbocycles. The molecular formula is C25H38N2O4. The SMILES string of the molecule is COc1cc(C)c(NC(=O)O)c(C)c1C.COc1cc(C)c(NC(C)(C)C)c(C)c1C. The average Bonchev–Trinajstić information content (AvgIpc) is 2.67. The zero-order valence-corrected chi connectivity index (χ0v) is 20.8. The van der Waals surface area contributed by atoms with Gasteiger partial charge in [0.05, 0.1) is 19.9 Å². The quantitative estimate of drug-likeness (QED) is 0.513. The molecule has 0 saturated heterocycles. The van der Waals surface area contributed by atoms with Crippen molar-refractivity contribution in [3.05, 3.63) is 45.5 Å². The number of hydrogen-bond donors (Lipinski definition) is 3. The molecule has 0 aliphatic heterocycles. The predicted octanol–water partition coefficient (Wildman–Crippen LogP) is 6.54. The fraction of sp³-hybridized carbons (Fsp3) is 0.480. The van der Waals surface area contributed by atoms with Gasteiger partial charge < -0.3 is 19.9 Å². The minimum atomic E-state index is -1.05. The number of carboxylic acid groups (broad SMARTS) is 1. The summed E-state index contributed by atoms with van der Waals surface area (Å²) in [7, 11) is 3.32. The van der Waals surface area contributed by atoms with E-state index in [0.717, 1.165) is 28.2 Å². The maximum atomic E-state index is 10.6. The number of hydrogen-bond acceptors (Lipinski definition) is 4. The molecular weight excluding hydrogens is 392 g/mol. The summed E-state index contributed by atoms with van der Waals surface area (Å²) in [4.78, 5) is 10.6. The Bertz CT molecular complexity index is 944. The summed E-state index contributed by atoms with van der Waals surface area (Å²) in [6.45, 7) is 18.5. The van der Waals surface area contributed by atoms with E-state index >= 15 is 0 Å². The van der Waals surface area contributed by atoms with Crippen LogP contribution < -0.4 is 20.1 Å². The Kier molecular flexibility index (Phi) is 8.79. The Hall–Kier alpha value is -2.89. The topological polar surface area (TPSA) is 79.8 Å². The first-order valence-electron chi connectivity index (χ1n) is 10.3. The molecule has 0 radical (unpaired) electrons. The van der Waals surface area contributed by atoms with Gasteiger partial charge >= 0.3 is 6.09 Å². The number of rotatable bonds is 4. The summed E-state index contributed by atoms with van der Waals surface area (Å²) < 4.78 is 10.6. The first-order chi connectivity index (χ1) is 14.2. The Morgan fingerprint density at radius 3 is 1.52 bits per heavy atom. The van der Waals surface area contributed by atoms with Gasteiger partial charge in [0.15, 0.2) is 0 Å². The van der Waals surface area contributed by atoms with Crippen molar-refractivity contribution < 1.29 is 19.4 Å². The molecule has 6 nitrogen and oxygen atoms in total. The lowest BCUT2D eigenvalue weighted by Gasteiger charge is -2.26. The van der Waals surface area contributed by atoms with Crippen LogP contribution in [0.25, 0.3) is 0 Å². The number of ether oxygens (including phenoxy) is 2. The van der Waals surface area contributed by atoms with Crippen LogP contribution in [0.5, 0.6) is 11.5 Å². The van der Waals surface area contributed by atoms with Crippen molar-refractivity contribution >= 4 is 17.5 Å². The van der Waals surface area contributed by atoms with E-state index in [2.05, 4.69) is 58.2 Å². The molecule has 1 amide bonds. The largest absolute Gasteiger partial charge is 0.496 e. The van der Waals surface area contributed by atoms with E-state index < -0.39 is 6.09 Å². The van der Waals surface area contributed by atoms with Crippen molar-refractivity contribution in [2.24, 2.45) is 0 Å². The van der Waals surface area contributed by atoms with Crippen molar-refractivity contribution in [1.29, 1.82) is 0 Å². The zero-order chi connectivity index (χ0) is 24.1. The van der Waals surface area contributed by atoms with E-state index in [0.29, 0.717) is 5.69 Å². The standard InChI is InChI=1S/C14H23NO.C11H15NO3/c1-9-8-12(16-7)10(2)11(3)13(9)15-14(4,5)6;1-6-5-9(15-4)7(2)8(3)10(6)12-11(13)14/h8,15H,1-7H3;5,12H,1-4H3,(H,13,14). The molecule has 31 heavy (non-hydrogen) atoms. The third-order valence-corrected chi connectivity index (χ3v) is 5.27. The summed E-state index contributed by atoms with van der Waals surface area (Å²) in [5.41, 5.74) is 8.36. The molecule has 6 heteroatoms. The highest BCUT2D eigenvalue weighted by atomic mass is 16.5. The van der Waals surface area contributed by atoms with Crippen molar-refractivity contribution in [3.8, 4) is 11.5 Å². The van der Waals surface area contributed by atoms with Gasteiger partial charge in [-0.2, -0.15) is 0 Å². The van der Waals surface area contributed by atoms with E-state index in [9.17, 15) is 4.79 Å². The summed E-state index contributed by atoms with van der Waals surface area (Å²) in [6.07, 6.45) is -1.05. The van der Waals surface area contributed by atoms with E-state index in [-0.39, 0.29) is 5.54 Å². The molecule has 2 rings (SSSR count). The highest BCUT2D eigenvalue weighted by Gasteiger charge is 2.16. The maximum Gasteiger partial charge on any atom is 0.409 e. The number of anilines is 2. The molecule has 0 aromatic heterocycles. The Morgan fingerprint density at radius 2 is 1.16 bits per heavy atom. The molecule has 3 N–H and O–H groups in total. The number of carbonyl (C=O) groups is 1. The second-order valence-corrected chi connectivity index (χ2v) is 8.85. The fourth-order valence-corrected chi connectivity index (χ4v) is 3.38. The maximum absolute atomic E-state index is 10.6. The number of aryl methyl sites for hydroxylation is 2. The molecule has 0 unspecified atom stereocenters. The highest BCUT2D eigenvalue weighted by Crippen LogP contribution is 2.33. The first-order valence-corrected chi connectivity index (χ1v) is 10.3. The minimum Gasteiger partial charge on any atom is -0.496 e. The molecule has 0 heterocycles. The molecule has 172 valence electrons. The number of nitrogens with one attached hydrogen (secondary N) is 2. The van der Waals surface area contributed by atoms with Gasteiger partial charge in [-0.15, -0.1) is 0 Å². The lowest BCUT2D eigenvalue weighted by Crippen LogP contribution is -2.27. The first kappa shape index (κ1) is 26.1. The lowest BCUT2D eigenvalue weighted by molar-refractivity contribution is 0.209. The van der Waals surface area contributed by atoms with Crippen LogP contribution in [0.2, 0.25) is 0 Å². The molecule has 2 aromatic rings. The van der Waals surface area contributed by atoms with Gasteiger partial charge in [-0.25, -0.2) is 4.79 Å². The van der Waals surface area contributed by atoms with Crippen LogP contribution in [0.15, 0.2) is 12.1 Å². The monoisotopic (exact) mass is 430 g/mol. The molecule has 2 aromatic carbocycles. The third-order valence-electron chi connectivity index (χ3n) is 5.27. The van der Waals surface area contributed by atoms with Crippen LogP contribution in [-0.4, -0.2) is 31.0 Å². The summed E-state index contributed by atoms with van der Waals surface area (Å²) in [5.74, 6) is 1.75. The van der Waals surface area contributed by atoms with Crippen LogP contribution in [0.1, 0.15) is 54.2 Å². The van der Waals surface area contributed by atoms with Gasteiger partial charge in [-0.3, -0.25) is 5.32 Å². The Balaban J connectivity index is 0.000000311. The second-order valence-electron chi connectivity index (χ2n) is 8.85. The number of benzene rings is 2. The van der Waals surface area contributed by atoms with Gasteiger partial charge in [0, 0.05) is 11.2 Å². The van der Waals surface area contributed by atoms with Gasteiger partial charge in [0.25, 0.3) is 0 Å². The molecule has 0 fully saturated rings. The van der Waals surface area contributed by atoms with Crippen LogP contribution in [0.3, 0.4) is 0 Å². The second kappa shape index (κ2) is 10.4. The normalized spacial score (nSPS) is 10.7. The van der Waals surface area contributed by atoms with Gasteiger partial charge in [0.2, 0.25) is 0 Å². The molecule has 0 atom stereocenters. The summed E-state index contributed by atoms with van der Waals surface area (Å²) >= 11 is 0. The van der Waals surface area contributed by atoms with Gasteiger partial charge in [-0.05, 0) is 108 Å². The van der Waals surface area contributed by atoms with Crippen LogP contribution in [-0.2, 0) is 0 Å². The molecule has 0 spiro atoms. The van der Waals surface area contributed by atoms with Crippen molar-refractivity contribution in [3.63, 3.8) is 0 Å². The smallest absolute Gasteiger partial charge is 0.409 e. The summed E-state index contributed by atoms with van der Waals surface area (Å²) in [6, 6.07) is 3.92. The lowest BCUT2D eigenvalue weighted by atomic mass is 9.99. The van der Waals surface area contributed by atoms with Crippen molar-refractivity contribution in [2.75, 3.05) is 24.9 Å². The molecule has 0 bridgehead atoms. The minimum absolute atomic E-state index is 0.0799. The Labute approximate surface area is 187 Å². The zero-order valence-electron chi connectivity index (χ0n) is 20.8. The van der Waals surface area contributed by atoms with E-state index in [4.69, 9.17) is 14.6 Å². The van der Waals surface area contributed by atoms with Gasteiger partial charge in [-0.1, -0.05) is 0 Å². The van der Waals surface area contributed by atoms with Crippen molar-refractivity contribution in [1.82, 2.24) is 0 Å². The van der Waals surface area contributed by atoms with Gasteiger partial charge in [0.1, 0.15) is 11.5 Å². The summed E-state index contributed by atoms with van der Waals surface area (Å²) in [5, 5.41) is 14.6. The highest BCUT2D eigenvalue weighted by molar-refractivity contribution is 5.86. The molecule has 0 aliphatic carbocycles. The van der Waals surface area contributed by atoms with Crippen LogP contribution in [0, 0.1) is 41.5 Å². The van der Waals surface area contributed by atoms with E-state index in [1.807, 2.05) is 26.8 Å². The van der Waals surface area contributed by atoms with E-state index in [1.165, 1.54) is 22.4 Å². The number of methoxy groups -OCH3 is 2. The van der Waals surface area contributed by atoms with Crippen LogP contribution >= 0.6 is 0 Å². The van der Waals surface area contributed by atoms with E-state index in [1.54, 1.807) is 14.2 Å². The third kappa shape index (κ3) is 6.81. The predicted molar refractivity (Wildman–Crippen MR) is 129 cm³/mol. The Morgan fingerprint density at radius 1 is 0.774 bits per heavy atom. The fourth-order valence-electron chi connectivity index (χ4n) is 3.38.